The lowest BCUT2D eigenvalue weighted by Gasteiger charge is -2.27. The molecule has 0 bridgehead atoms. The Balaban J connectivity index is 2.44. The number of carbonyl (C=O) groups excluding carboxylic acids is 1. The van der Waals surface area contributed by atoms with Gasteiger partial charge in [-0.25, -0.2) is 0 Å². The fourth-order valence-corrected chi connectivity index (χ4v) is 2.95. The lowest BCUT2D eigenvalue weighted by Crippen LogP contribution is -2.37. The Kier molecular flexibility index (Phi) is 3.82. The third-order valence-corrected chi connectivity index (χ3v) is 3.79. The Morgan fingerprint density at radius 1 is 1.50 bits per heavy atom. The van der Waals surface area contributed by atoms with Crippen molar-refractivity contribution < 1.29 is 15.0 Å². The van der Waals surface area contributed by atoms with E-state index < -0.39 is 24.7 Å². The van der Waals surface area contributed by atoms with Crippen molar-refractivity contribution in [2.45, 2.75) is 18.6 Å². The van der Waals surface area contributed by atoms with Crippen LogP contribution in [0, 0.1) is 0 Å². The number of halogens is 2. The van der Waals surface area contributed by atoms with Gasteiger partial charge in [0.2, 0.25) is 5.91 Å². The van der Waals surface area contributed by atoms with Gasteiger partial charge in [-0.05, 0) is 23.3 Å². The summed E-state index contributed by atoms with van der Waals surface area (Å²) in [6, 6.07) is 2.80. The highest BCUT2D eigenvalue weighted by atomic mass is 35.5. The van der Waals surface area contributed by atoms with Crippen molar-refractivity contribution in [3.05, 3.63) is 33.3 Å². The van der Waals surface area contributed by atoms with Gasteiger partial charge in [0.15, 0.2) is 0 Å². The topological polar surface area (TPSA) is 60.8 Å². The van der Waals surface area contributed by atoms with E-state index in [1.54, 1.807) is 12.1 Å². The van der Waals surface area contributed by atoms with E-state index in [1.165, 1.54) is 11.9 Å². The molecule has 0 heterocycles. The van der Waals surface area contributed by atoms with Crippen LogP contribution < -0.4 is 0 Å². The molecule has 98 valence electrons. The number of hydrogen-bond acceptors (Lipinski definition) is 3. The van der Waals surface area contributed by atoms with E-state index in [0.29, 0.717) is 16.5 Å². The van der Waals surface area contributed by atoms with E-state index in [9.17, 15) is 9.90 Å². The van der Waals surface area contributed by atoms with Crippen LogP contribution >= 0.6 is 23.2 Å². The van der Waals surface area contributed by atoms with Crippen molar-refractivity contribution in [3.8, 4) is 0 Å². The normalized spacial score (nSPS) is 21.8. The predicted molar refractivity (Wildman–Crippen MR) is 68.8 cm³/mol. The Morgan fingerprint density at radius 3 is 2.78 bits per heavy atom. The fraction of sp³-hybridized carbons (Fsp3) is 0.417. The van der Waals surface area contributed by atoms with Crippen LogP contribution in [0.3, 0.4) is 0 Å². The van der Waals surface area contributed by atoms with Crippen molar-refractivity contribution in [2.75, 3.05) is 13.7 Å². The van der Waals surface area contributed by atoms with E-state index in [-0.39, 0.29) is 0 Å². The second kappa shape index (κ2) is 5.05. The van der Waals surface area contributed by atoms with Gasteiger partial charge in [-0.3, -0.25) is 4.79 Å². The average molecular weight is 290 g/mol. The largest absolute Gasteiger partial charge is 0.390 e. The summed E-state index contributed by atoms with van der Waals surface area (Å²) in [6.07, 6.45) is -0.365. The minimum atomic E-state index is -0.739. The molecule has 2 N–H and O–H groups in total. The number of aliphatic hydroxyl groups excluding tert-OH is 2. The molecule has 6 heteroatoms. The van der Waals surface area contributed by atoms with Crippen molar-refractivity contribution in [1.29, 1.82) is 0 Å². The first kappa shape index (κ1) is 13.6. The van der Waals surface area contributed by atoms with Gasteiger partial charge >= 0.3 is 0 Å². The standard InChI is InChI=1S/C12H13Cl2NO3/c1-15(11(18)5-16)12-8-2-6(13)3-9(14)7(8)4-10(12)17/h2-3,10,12,16-17H,4-5H2,1H3/t10-,12-/m0/s1. The van der Waals surface area contributed by atoms with Crippen LogP contribution in [0.5, 0.6) is 0 Å². The number of carbonyl (C=O) groups is 1. The molecule has 1 aliphatic carbocycles. The van der Waals surface area contributed by atoms with Gasteiger partial charge < -0.3 is 15.1 Å². The zero-order valence-corrected chi connectivity index (χ0v) is 11.2. The molecule has 1 aromatic rings. The Morgan fingerprint density at radius 2 is 2.17 bits per heavy atom. The van der Waals surface area contributed by atoms with Gasteiger partial charge in [0.1, 0.15) is 6.61 Å². The second-order valence-corrected chi connectivity index (χ2v) is 5.18. The maximum Gasteiger partial charge on any atom is 0.248 e. The molecule has 0 fully saturated rings. The van der Waals surface area contributed by atoms with Crippen LogP contribution in [0.1, 0.15) is 17.2 Å². The van der Waals surface area contributed by atoms with Gasteiger partial charge in [0.05, 0.1) is 12.1 Å². The number of aliphatic hydroxyl groups is 2. The minimum absolute atomic E-state index is 0.374. The third-order valence-electron chi connectivity index (χ3n) is 3.24. The first-order chi connectivity index (χ1) is 8.45. The van der Waals surface area contributed by atoms with Gasteiger partial charge in [0, 0.05) is 23.5 Å². The van der Waals surface area contributed by atoms with E-state index in [4.69, 9.17) is 28.3 Å². The summed E-state index contributed by atoms with van der Waals surface area (Å²) in [7, 11) is 1.54. The van der Waals surface area contributed by atoms with Crippen molar-refractivity contribution in [2.24, 2.45) is 0 Å². The van der Waals surface area contributed by atoms with Crippen LogP contribution in [0.4, 0.5) is 0 Å². The van der Waals surface area contributed by atoms with Gasteiger partial charge in [0.25, 0.3) is 0 Å². The highest BCUT2D eigenvalue weighted by Gasteiger charge is 2.37. The van der Waals surface area contributed by atoms with Crippen LogP contribution in [-0.4, -0.2) is 40.8 Å². The number of fused-ring (bicyclic) bond motifs is 1. The first-order valence-electron chi connectivity index (χ1n) is 5.48. The predicted octanol–water partition coefficient (Wildman–Crippen LogP) is 1.40. The van der Waals surface area contributed by atoms with Crippen LogP contribution in [0.15, 0.2) is 12.1 Å². The molecule has 2 rings (SSSR count). The van der Waals surface area contributed by atoms with E-state index in [1.807, 2.05) is 0 Å². The lowest BCUT2D eigenvalue weighted by molar-refractivity contribution is -0.137. The second-order valence-electron chi connectivity index (χ2n) is 4.33. The first-order valence-corrected chi connectivity index (χ1v) is 6.23. The van der Waals surface area contributed by atoms with Crippen LogP contribution in [0.25, 0.3) is 0 Å². The summed E-state index contributed by atoms with van der Waals surface area (Å²) in [4.78, 5) is 12.8. The summed E-state index contributed by atoms with van der Waals surface area (Å²) < 4.78 is 0. The molecule has 18 heavy (non-hydrogen) atoms. The monoisotopic (exact) mass is 289 g/mol. The van der Waals surface area contributed by atoms with Gasteiger partial charge in [-0.1, -0.05) is 23.2 Å². The molecule has 2 atom stereocenters. The van der Waals surface area contributed by atoms with Gasteiger partial charge in [-0.2, -0.15) is 0 Å². The summed E-state index contributed by atoms with van der Waals surface area (Å²) in [5, 5.41) is 19.9. The molecular weight excluding hydrogens is 277 g/mol. The third kappa shape index (κ3) is 2.21. The quantitative estimate of drug-likeness (QED) is 0.865. The maximum atomic E-state index is 11.5. The molecule has 1 aromatic carbocycles. The molecular formula is C12H13Cl2NO3. The van der Waals surface area contributed by atoms with Gasteiger partial charge in [-0.15, -0.1) is 0 Å². The maximum absolute atomic E-state index is 11.5. The summed E-state index contributed by atoms with van der Waals surface area (Å²) in [6.45, 7) is -0.594. The van der Waals surface area contributed by atoms with Crippen molar-refractivity contribution >= 4 is 29.1 Å². The summed E-state index contributed by atoms with van der Waals surface area (Å²) >= 11 is 12.0. The number of amides is 1. The van der Waals surface area contributed by atoms with E-state index in [2.05, 4.69) is 0 Å². The number of rotatable bonds is 2. The summed E-state index contributed by atoms with van der Waals surface area (Å²) in [5.41, 5.74) is 1.54. The highest BCUT2D eigenvalue weighted by Crippen LogP contribution is 2.40. The zero-order chi connectivity index (χ0) is 13.4. The molecule has 0 aliphatic heterocycles. The van der Waals surface area contributed by atoms with E-state index >= 15 is 0 Å². The molecule has 1 aliphatic rings. The molecule has 0 saturated heterocycles. The average Bonchev–Trinajstić information content (AvgIpc) is 2.64. The smallest absolute Gasteiger partial charge is 0.248 e. The molecule has 0 aromatic heterocycles. The van der Waals surface area contributed by atoms with E-state index in [0.717, 1.165) is 11.1 Å². The SMILES string of the molecule is CN(C(=O)CO)[C@H]1c2cc(Cl)cc(Cl)c2C[C@@H]1O. The Hall–Kier alpha value is -0.810. The number of hydrogen-bond donors (Lipinski definition) is 2. The summed E-state index contributed by atoms with van der Waals surface area (Å²) in [5.74, 6) is -0.456. The molecule has 0 saturated carbocycles. The van der Waals surface area contributed by atoms with Crippen molar-refractivity contribution in [1.82, 2.24) is 4.90 Å². The number of nitrogens with zero attached hydrogens (tertiary/aromatic N) is 1. The Labute approximate surface area is 115 Å². The molecule has 4 nitrogen and oxygen atoms in total. The number of likely N-dealkylation sites (N-methyl/N-ethyl adjacent to an activating group) is 1. The molecule has 1 amide bonds. The molecule has 0 unspecified atom stereocenters. The van der Waals surface area contributed by atoms with Crippen LogP contribution in [0.2, 0.25) is 10.0 Å². The zero-order valence-electron chi connectivity index (χ0n) is 9.73. The minimum Gasteiger partial charge on any atom is -0.390 e. The molecule has 0 spiro atoms. The highest BCUT2D eigenvalue weighted by molar-refractivity contribution is 6.35. The number of benzene rings is 1. The lowest BCUT2D eigenvalue weighted by atomic mass is 10.1. The van der Waals surface area contributed by atoms with Crippen LogP contribution in [-0.2, 0) is 11.2 Å². The molecule has 0 radical (unpaired) electrons. The van der Waals surface area contributed by atoms with Crippen molar-refractivity contribution in [3.63, 3.8) is 0 Å². The fourth-order valence-electron chi connectivity index (χ4n) is 2.36. The Bertz CT molecular complexity index is 492.